The first-order valence-electron chi connectivity index (χ1n) is 5.56. The molecular formula is C13H14Cl2F3NO. The largest absolute Gasteiger partial charge is 0.425 e. The van der Waals surface area contributed by atoms with Gasteiger partial charge in [0.1, 0.15) is 0 Å². The van der Waals surface area contributed by atoms with Crippen molar-refractivity contribution in [1.29, 1.82) is 0 Å². The molecule has 1 unspecified atom stereocenters. The minimum atomic E-state index is -4.60. The number of alkyl halides is 3. The second-order valence-corrected chi connectivity index (χ2v) is 4.50. The predicted octanol–water partition coefficient (Wildman–Crippen LogP) is 3.67. The van der Waals surface area contributed by atoms with Crippen LogP contribution in [-0.4, -0.2) is 17.4 Å². The molecule has 1 fully saturated rings. The highest BCUT2D eigenvalue weighted by Crippen LogP contribution is 2.28. The summed E-state index contributed by atoms with van der Waals surface area (Å²) < 4.78 is 34.7. The van der Waals surface area contributed by atoms with Gasteiger partial charge in [-0.1, -0.05) is 23.4 Å². The molecule has 0 aliphatic heterocycles. The zero-order valence-corrected chi connectivity index (χ0v) is 11.9. The third-order valence-electron chi connectivity index (χ3n) is 2.18. The summed E-state index contributed by atoms with van der Waals surface area (Å²) in [6, 6.07) is 7.05. The molecule has 0 heterocycles. The number of halogens is 5. The molecule has 1 aliphatic carbocycles. The Kier molecular flexibility index (Phi) is 7.80. The molecule has 0 bridgehead atoms. The third-order valence-corrected chi connectivity index (χ3v) is 2.43. The summed E-state index contributed by atoms with van der Waals surface area (Å²) >= 11 is 5.56. The Hall–Kier alpha value is -1.09. The number of hydrogen-bond acceptors (Lipinski definition) is 2. The van der Waals surface area contributed by atoms with Crippen molar-refractivity contribution in [3.05, 3.63) is 29.3 Å². The Morgan fingerprint density at radius 1 is 1.25 bits per heavy atom. The van der Waals surface area contributed by atoms with Gasteiger partial charge in [0.2, 0.25) is 6.10 Å². The molecule has 1 atom stereocenters. The first-order valence-corrected chi connectivity index (χ1v) is 5.93. The van der Waals surface area contributed by atoms with Crippen LogP contribution in [0.1, 0.15) is 12.8 Å². The number of nitrogens with two attached hydrogens (primary N) is 1. The molecule has 1 aromatic rings. The molecule has 0 amide bonds. The zero-order chi connectivity index (χ0) is 14.5. The molecule has 7 heteroatoms. The molecule has 1 aromatic carbocycles. The van der Waals surface area contributed by atoms with Gasteiger partial charge in [-0.25, -0.2) is 0 Å². The molecule has 2 rings (SSSR count). The summed E-state index contributed by atoms with van der Waals surface area (Å²) in [5.41, 5.74) is 6.11. The molecule has 1 aliphatic rings. The zero-order valence-electron chi connectivity index (χ0n) is 10.3. The average molecular weight is 328 g/mol. The van der Waals surface area contributed by atoms with Gasteiger partial charge in [0.25, 0.3) is 0 Å². The van der Waals surface area contributed by atoms with Crippen molar-refractivity contribution < 1.29 is 18.3 Å². The molecule has 20 heavy (non-hydrogen) atoms. The fourth-order valence-electron chi connectivity index (χ4n) is 0.969. The number of aliphatic hydroxyl groups excluding tert-OH is 1. The first-order chi connectivity index (χ1) is 8.79. The van der Waals surface area contributed by atoms with E-state index in [1.54, 1.807) is 30.2 Å². The monoisotopic (exact) mass is 327 g/mol. The number of anilines is 1. The van der Waals surface area contributed by atoms with E-state index in [4.69, 9.17) is 22.4 Å². The van der Waals surface area contributed by atoms with Crippen molar-refractivity contribution in [3.63, 3.8) is 0 Å². The van der Waals surface area contributed by atoms with E-state index in [9.17, 15) is 13.2 Å². The number of benzene rings is 1. The van der Waals surface area contributed by atoms with E-state index < -0.39 is 12.3 Å². The van der Waals surface area contributed by atoms with E-state index in [2.05, 4.69) is 5.92 Å². The SMILES string of the molecule is Cl.Nc1ccc(Cl)cc1.OC(C#CC1CC1)C(F)(F)F. The number of rotatable bonds is 0. The van der Waals surface area contributed by atoms with Crippen LogP contribution in [0.15, 0.2) is 24.3 Å². The van der Waals surface area contributed by atoms with Gasteiger partial charge in [0, 0.05) is 16.6 Å². The molecule has 3 N–H and O–H groups in total. The quantitative estimate of drug-likeness (QED) is 0.564. The summed E-state index contributed by atoms with van der Waals surface area (Å²) in [4.78, 5) is 0. The molecule has 0 spiro atoms. The highest BCUT2D eigenvalue weighted by Gasteiger charge is 2.37. The molecule has 1 saturated carbocycles. The highest BCUT2D eigenvalue weighted by atomic mass is 35.5. The van der Waals surface area contributed by atoms with Crippen LogP contribution in [0.5, 0.6) is 0 Å². The maximum absolute atomic E-state index is 11.6. The van der Waals surface area contributed by atoms with Gasteiger partial charge in [-0.3, -0.25) is 0 Å². The van der Waals surface area contributed by atoms with Gasteiger partial charge in [0.05, 0.1) is 0 Å². The summed E-state index contributed by atoms with van der Waals surface area (Å²) in [6.45, 7) is 0. The van der Waals surface area contributed by atoms with Crippen LogP contribution in [0.2, 0.25) is 5.02 Å². The number of aliphatic hydroxyl groups is 1. The van der Waals surface area contributed by atoms with Crippen LogP contribution in [-0.2, 0) is 0 Å². The fourth-order valence-corrected chi connectivity index (χ4v) is 1.10. The van der Waals surface area contributed by atoms with Crippen LogP contribution in [0.25, 0.3) is 0 Å². The van der Waals surface area contributed by atoms with Gasteiger partial charge in [0.15, 0.2) is 0 Å². The second kappa shape index (κ2) is 8.25. The smallest absolute Gasteiger partial charge is 0.399 e. The van der Waals surface area contributed by atoms with Crippen molar-refractivity contribution in [2.75, 3.05) is 5.73 Å². The van der Waals surface area contributed by atoms with E-state index in [1.807, 2.05) is 0 Å². The van der Waals surface area contributed by atoms with Crippen molar-refractivity contribution in [2.45, 2.75) is 25.1 Å². The van der Waals surface area contributed by atoms with Gasteiger partial charge in [-0.2, -0.15) is 13.2 Å². The standard InChI is InChI=1S/C7H7F3O.C6H6ClN.ClH/c8-7(9,10)6(11)4-3-5-1-2-5;7-5-1-3-6(8)4-2-5;/h5-6,11H,1-2H2;1-4H,8H2;1H. The summed E-state index contributed by atoms with van der Waals surface area (Å²) in [5, 5.41) is 9.09. The van der Waals surface area contributed by atoms with Crippen LogP contribution in [0.4, 0.5) is 18.9 Å². The Morgan fingerprint density at radius 3 is 2.10 bits per heavy atom. The van der Waals surface area contributed by atoms with E-state index in [1.165, 1.54) is 0 Å². The normalized spacial score (nSPS) is 14.8. The first kappa shape index (κ1) is 18.9. The van der Waals surface area contributed by atoms with Gasteiger partial charge < -0.3 is 10.8 Å². The number of hydrogen-bond donors (Lipinski definition) is 2. The lowest BCUT2D eigenvalue weighted by atomic mass is 10.3. The fraction of sp³-hybridized carbons (Fsp3) is 0.385. The highest BCUT2D eigenvalue weighted by molar-refractivity contribution is 6.30. The van der Waals surface area contributed by atoms with Gasteiger partial charge >= 0.3 is 6.18 Å². The predicted molar refractivity (Wildman–Crippen MR) is 75.7 cm³/mol. The summed E-state index contributed by atoms with van der Waals surface area (Å²) in [7, 11) is 0. The van der Waals surface area contributed by atoms with Crippen LogP contribution in [0, 0.1) is 17.8 Å². The van der Waals surface area contributed by atoms with Crippen LogP contribution < -0.4 is 5.73 Å². The Morgan fingerprint density at radius 2 is 1.75 bits per heavy atom. The summed E-state index contributed by atoms with van der Waals surface area (Å²) in [6.07, 6.45) is -5.35. The Labute approximate surface area is 126 Å². The average Bonchev–Trinajstić information content (AvgIpc) is 3.13. The lowest BCUT2D eigenvalue weighted by molar-refractivity contribution is -0.184. The molecule has 2 nitrogen and oxygen atoms in total. The Balaban J connectivity index is 0.000000359. The van der Waals surface area contributed by atoms with E-state index in [-0.39, 0.29) is 18.3 Å². The van der Waals surface area contributed by atoms with Gasteiger partial charge in [-0.05, 0) is 37.1 Å². The Bertz CT molecular complexity index is 440. The van der Waals surface area contributed by atoms with Gasteiger partial charge in [-0.15, -0.1) is 12.4 Å². The van der Waals surface area contributed by atoms with Crippen molar-refractivity contribution in [1.82, 2.24) is 0 Å². The molecule has 0 aromatic heterocycles. The maximum Gasteiger partial charge on any atom is 0.425 e. The molecular weight excluding hydrogens is 314 g/mol. The van der Waals surface area contributed by atoms with Crippen LogP contribution >= 0.6 is 24.0 Å². The lowest BCUT2D eigenvalue weighted by Gasteiger charge is -2.06. The third kappa shape index (κ3) is 8.16. The lowest BCUT2D eigenvalue weighted by Crippen LogP contribution is -2.26. The number of nitrogen functional groups attached to an aromatic ring is 1. The second-order valence-electron chi connectivity index (χ2n) is 4.06. The topological polar surface area (TPSA) is 46.2 Å². The molecule has 0 radical (unpaired) electrons. The van der Waals surface area contributed by atoms with E-state index >= 15 is 0 Å². The maximum atomic E-state index is 11.6. The van der Waals surface area contributed by atoms with Crippen molar-refractivity contribution in [3.8, 4) is 11.8 Å². The van der Waals surface area contributed by atoms with Crippen LogP contribution in [0.3, 0.4) is 0 Å². The molecule has 112 valence electrons. The van der Waals surface area contributed by atoms with E-state index in [0.29, 0.717) is 0 Å². The minimum absolute atomic E-state index is 0. The van der Waals surface area contributed by atoms with Crippen molar-refractivity contribution in [2.24, 2.45) is 5.92 Å². The summed E-state index contributed by atoms with van der Waals surface area (Å²) in [5.74, 6) is 4.20. The van der Waals surface area contributed by atoms with E-state index in [0.717, 1.165) is 23.6 Å². The molecule has 0 saturated heterocycles. The minimum Gasteiger partial charge on any atom is -0.399 e. The van der Waals surface area contributed by atoms with Crippen molar-refractivity contribution >= 4 is 29.7 Å².